The second kappa shape index (κ2) is 4.42. The van der Waals surface area contributed by atoms with Gasteiger partial charge in [0.25, 0.3) is 0 Å². The van der Waals surface area contributed by atoms with Gasteiger partial charge in [-0.1, -0.05) is 12.1 Å². The maximum Gasteiger partial charge on any atom is 0.123 e. The van der Waals surface area contributed by atoms with E-state index in [2.05, 4.69) is 4.98 Å². The molecule has 3 nitrogen and oxygen atoms in total. The van der Waals surface area contributed by atoms with Crippen LogP contribution in [-0.4, -0.2) is 29.9 Å². The first-order chi connectivity index (χ1) is 8.73. The SMILES string of the molecule is OCC1(c2nc(-c3cccc(F)c3)cs2)COC1. The van der Waals surface area contributed by atoms with Crippen molar-refractivity contribution in [3.8, 4) is 11.3 Å². The fourth-order valence-corrected chi connectivity index (χ4v) is 2.92. The van der Waals surface area contributed by atoms with Crippen LogP contribution in [0.4, 0.5) is 4.39 Å². The van der Waals surface area contributed by atoms with Gasteiger partial charge < -0.3 is 9.84 Å². The Kier molecular flexibility index (Phi) is 2.89. The normalized spacial score (nSPS) is 17.4. The van der Waals surface area contributed by atoms with E-state index < -0.39 is 0 Å². The molecule has 0 spiro atoms. The molecule has 0 bridgehead atoms. The van der Waals surface area contributed by atoms with Crippen molar-refractivity contribution >= 4 is 11.3 Å². The van der Waals surface area contributed by atoms with E-state index in [0.717, 1.165) is 16.3 Å². The van der Waals surface area contributed by atoms with Gasteiger partial charge in [0.05, 0.1) is 30.9 Å². The van der Waals surface area contributed by atoms with Crippen molar-refractivity contribution in [3.63, 3.8) is 0 Å². The third kappa shape index (κ3) is 1.84. The Labute approximate surface area is 108 Å². The Morgan fingerprint density at radius 2 is 2.28 bits per heavy atom. The molecular formula is C13H12FNO2S. The minimum Gasteiger partial charge on any atom is -0.395 e. The average Bonchev–Trinajstić information content (AvgIpc) is 2.78. The highest BCUT2D eigenvalue weighted by Gasteiger charge is 2.42. The fourth-order valence-electron chi connectivity index (χ4n) is 1.93. The van der Waals surface area contributed by atoms with E-state index >= 15 is 0 Å². The van der Waals surface area contributed by atoms with Gasteiger partial charge in [-0.15, -0.1) is 11.3 Å². The maximum absolute atomic E-state index is 13.2. The average molecular weight is 265 g/mol. The zero-order valence-corrected chi connectivity index (χ0v) is 10.4. The number of halogens is 1. The van der Waals surface area contributed by atoms with Crippen molar-refractivity contribution in [2.24, 2.45) is 0 Å². The summed E-state index contributed by atoms with van der Waals surface area (Å²) in [5.74, 6) is -0.272. The number of hydrogen-bond donors (Lipinski definition) is 1. The van der Waals surface area contributed by atoms with Crippen LogP contribution in [0.25, 0.3) is 11.3 Å². The van der Waals surface area contributed by atoms with Crippen LogP contribution in [0.5, 0.6) is 0 Å². The number of benzene rings is 1. The molecule has 0 amide bonds. The van der Waals surface area contributed by atoms with Gasteiger partial charge in [0.1, 0.15) is 10.8 Å². The molecule has 2 aromatic rings. The lowest BCUT2D eigenvalue weighted by atomic mass is 9.88. The molecule has 0 radical (unpaired) electrons. The van der Waals surface area contributed by atoms with E-state index in [-0.39, 0.29) is 17.8 Å². The first-order valence-electron chi connectivity index (χ1n) is 5.64. The van der Waals surface area contributed by atoms with Crippen molar-refractivity contribution in [2.45, 2.75) is 5.41 Å². The molecule has 1 N–H and O–H groups in total. The summed E-state index contributed by atoms with van der Waals surface area (Å²) in [4.78, 5) is 4.50. The van der Waals surface area contributed by atoms with E-state index in [0.29, 0.717) is 13.2 Å². The van der Waals surface area contributed by atoms with Crippen LogP contribution in [-0.2, 0) is 10.2 Å². The molecule has 3 rings (SSSR count). The largest absolute Gasteiger partial charge is 0.395 e. The Balaban J connectivity index is 1.94. The number of aliphatic hydroxyl groups excluding tert-OH is 1. The fraction of sp³-hybridized carbons (Fsp3) is 0.308. The predicted molar refractivity (Wildman–Crippen MR) is 67.1 cm³/mol. The first kappa shape index (κ1) is 11.8. The van der Waals surface area contributed by atoms with Gasteiger partial charge >= 0.3 is 0 Å². The topological polar surface area (TPSA) is 42.4 Å². The molecule has 1 aromatic carbocycles. The van der Waals surface area contributed by atoms with E-state index in [9.17, 15) is 9.50 Å². The molecule has 94 valence electrons. The second-order valence-electron chi connectivity index (χ2n) is 4.48. The van der Waals surface area contributed by atoms with Crippen LogP contribution in [0.1, 0.15) is 5.01 Å². The van der Waals surface area contributed by atoms with Gasteiger partial charge in [-0.2, -0.15) is 0 Å². The van der Waals surface area contributed by atoms with Crippen molar-refractivity contribution < 1.29 is 14.2 Å². The van der Waals surface area contributed by atoms with Crippen LogP contribution >= 0.6 is 11.3 Å². The molecule has 0 aliphatic carbocycles. The minimum atomic E-state index is -0.351. The second-order valence-corrected chi connectivity index (χ2v) is 5.34. The number of thiazole rings is 1. The summed E-state index contributed by atoms with van der Waals surface area (Å²) in [5.41, 5.74) is 1.15. The number of aromatic nitrogens is 1. The Morgan fingerprint density at radius 1 is 1.44 bits per heavy atom. The molecule has 1 aliphatic heterocycles. The standard InChI is InChI=1S/C13H12FNO2S/c14-10-3-1-2-9(4-10)11-5-18-12(15-11)13(6-16)7-17-8-13/h1-5,16H,6-8H2. The third-order valence-corrected chi connectivity index (χ3v) is 4.23. The number of hydrogen-bond acceptors (Lipinski definition) is 4. The molecule has 18 heavy (non-hydrogen) atoms. The lowest BCUT2D eigenvalue weighted by Crippen LogP contribution is -2.49. The molecule has 1 aromatic heterocycles. The molecule has 1 fully saturated rings. The van der Waals surface area contributed by atoms with Gasteiger partial charge in [-0.05, 0) is 12.1 Å². The van der Waals surface area contributed by atoms with Gasteiger partial charge in [0, 0.05) is 10.9 Å². The van der Waals surface area contributed by atoms with Crippen LogP contribution in [0.2, 0.25) is 0 Å². The number of rotatable bonds is 3. The highest BCUT2D eigenvalue weighted by Crippen LogP contribution is 2.35. The van der Waals surface area contributed by atoms with Crippen LogP contribution in [0.15, 0.2) is 29.6 Å². The van der Waals surface area contributed by atoms with Crippen LogP contribution < -0.4 is 0 Å². The molecule has 5 heteroatoms. The summed E-state index contributed by atoms with van der Waals surface area (Å²) in [6.45, 7) is 1.03. The monoisotopic (exact) mass is 265 g/mol. The third-order valence-electron chi connectivity index (χ3n) is 3.14. The van der Waals surface area contributed by atoms with E-state index in [1.54, 1.807) is 6.07 Å². The quantitative estimate of drug-likeness (QED) is 0.925. The maximum atomic E-state index is 13.2. The summed E-state index contributed by atoms with van der Waals surface area (Å²) in [6.07, 6.45) is 0. The van der Waals surface area contributed by atoms with Crippen molar-refractivity contribution in [1.29, 1.82) is 0 Å². The highest BCUT2D eigenvalue weighted by atomic mass is 32.1. The smallest absolute Gasteiger partial charge is 0.123 e. The van der Waals surface area contributed by atoms with Gasteiger partial charge in [-0.3, -0.25) is 0 Å². The summed E-state index contributed by atoms with van der Waals surface area (Å²) in [5, 5.41) is 12.2. The van der Waals surface area contributed by atoms with Gasteiger partial charge in [-0.25, -0.2) is 9.37 Å². The number of ether oxygens (including phenoxy) is 1. The molecule has 0 saturated carbocycles. The van der Waals surface area contributed by atoms with Crippen molar-refractivity contribution in [3.05, 3.63) is 40.5 Å². The lowest BCUT2D eigenvalue weighted by Gasteiger charge is -2.37. The summed E-state index contributed by atoms with van der Waals surface area (Å²) in [6, 6.07) is 6.36. The van der Waals surface area contributed by atoms with Gasteiger partial charge in [0.2, 0.25) is 0 Å². The first-order valence-corrected chi connectivity index (χ1v) is 6.52. The molecule has 1 saturated heterocycles. The molecule has 2 heterocycles. The Morgan fingerprint density at radius 3 is 2.89 bits per heavy atom. The van der Waals surface area contributed by atoms with Crippen molar-refractivity contribution in [2.75, 3.05) is 19.8 Å². The minimum absolute atomic E-state index is 0.0309. The Bertz CT molecular complexity index is 560. The number of aliphatic hydroxyl groups is 1. The summed E-state index contributed by atoms with van der Waals surface area (Å²) < 4.78 is 18.3. The molecular weight excluding hydrogens is 253 g/mol. The van der Waals surface area contributed by atoms with Crippen molar-refractivity contribution in [1.82, 2.24) is 4.98 Å². The Hall–Kier alpha value is -1.30. The number of nitrogens with zero attached hydrogens (tertiary/aromatic N) is 1. The molecule has 1 aliphatic rings. The van der Waals surface area contributed by atoms with E-state index in [1.165, 1.54) is 23.5 Å². The summed E-state index contributed by atoms with van der Waals surface area (Å²) >= 11 is 1.48. The van der Waals surface area contributed by atoms with Crippen LogP contribution in [0, 0.1) is 5.82 Å². The molecule has 0 unspecified atom stereocenters. The van der Waals surface area contributed by atoms with E-state index in [1.807, 2.05) is 11.4 Å². The van der Waals surface area contributed by atoms with Gasteiger partial charge in [0.15, 0.2) is 0 Å². The lowest BCUT2D eigenvalue weighted by molar-refractivity contribution is -0.0841. The predicted octanol–water partition coefficient (Wildman–Crippen LogP) is 2.21. The summed E-state index contributed by atoms with van der Waals surface area (Å²) in [7, 11) is 0. The zero-order valence-electron chi connectivity index (χ0n) is 9.60. The van der Waals surface area contributed by atoms with E-state index in [4.69, 9.17) is 4.74 Å². The highest BCUT2D eigenvalue weighted by molar-refractivity contribution is 7.10. The van der Waals surface area contributed by atoms with Crippen LogP contribution in [0.3, 0.4) is 0 Å². The zero-order chi connectivity index (χ0) is 12.6. The molecule has 0 atom stereocenters.